The molecule has 0 saturated carbocycles. The highest BCUT2D eigenvalue weighted by molar-refractivity contribution is 5.58. The van der Waals surface area contributed by atoms with E-state index in [1.165, 1.54) is 37.4 Å². The van der Waals surface area contributed by atoms with Gasteiger partial charge in [0.15, 0.2) is 34.5 Å². The van der Waals surface area contributed by atoms with Gasteiger partial charge in [-0.3, -0.25) is 0 Å². The summed E-state index contributed by atoms with van der Waals surface area (Å²) < 4.78 is 5.22. The molecule has 0 aliphatic carbocycles. The van der Waals surface area contributed by atoms with Crippen molar-refractivity contribution in [3.05, 3.63) is 70.3 Å². The van der Waals surface area contributed by atoms with Crippen molar-refractivity contribution in [1.29, 1.82) is 0 Å². The Bertz CT molecular complexity index is 984. The van der Waals surface area contributed by atoms with Crippen LogP contribution in [0.2, 0.25) is 0 Å². The van der Waals surface area contributed by atoms with Gasteiger partial charge in [0.1, 0.15) is 0 Å². The van der Waals surface area contributed by atoms with Crippen LogP contribution in [-0.4, -0.2) is 32.6 Å². The van der Waals surface area contributed by atoms with Gasteiger partial charge in [-0.2, -0.15) is 0 Å². The van der Waals surface area contributed by atoms with E-state index in [0.717, 1.165) is 16.7 Å². The molecule has 0 saturated heterocycles. The molecular formula is C22H22O6. The number of benzene rings is 3. The molecule has 0 aliphatic heterocycles. The molecule has 0 heterocycles. The molecule has 0 spiro atoms. The second-order valence-corrected chi connectivity index (χ2v) is 6.76. The maximum absolute atomic E-state index is 10.1. The number of hydrogen-bond donors (Lipinski definition) is 5. The van der Waals surface area contributed by atoms with E-state index >= 15 is 0 Å². The molecule has 0 radical (unpaired) electrons. The first-order valence-electron chi connectivity index (χ1n) is 8.64. The number of hydrogen-bond acceptors (Lipinski definition) is 6. The zero-order chi connectivity index (χ0) is 20.6. The Balaban J connectivity index is 2.32. The molecule has 0 atom stereocenters. The zero-order valence-electron chi connectivity index (χ0n) is 15.8. The van der Waals surface area contributed by atoms with Gasteiger partial charge in [0, 0.05) is 5.92 Å². The summed E-state index contributed by atoms with van der Waals surface area (Å²) in [5, 5.41) is 49.8. The van der Waals surface area contributed by atoms with E-state index in [2.05, 4.69) is 0 Å². The van der Waals surface area contributed by atoms with Crippen LogP contribution in [0.3, 0.4) is 0 Å². The molecule has 3 rings (SSSR count). The van der Waals surface area contributed by atoms with Gasteiger partial charge in [0.25, 0.3) is 0 Å². The first kappa shape index (κ1) is 19.2. The van der Waals surface area contributed by atoms with Gasteiger partial charge >= 0.3 is 0 Å². The van der Waals surface area contributed by atoms with Crippen LogP contribution in [0.1, 0.15) is 33.7 Å². The largest absolute Gasteiger partial charge is 0.504 e. The third kappa shape index (κ3) is 3.36. The van der Waals surface area contributed by atoms with Crippen molar-refractivity contribution in [1.82, 2.24) is 0 Å². The molecule has 0 fully saturated rings. The van der Waals surface area contributed by atoms with E-state index in [1.54, 1.807) is 26.0 Å². The quantitative estimate of drug-likeness (QED) is 0.344. The highest BCUT2D eigenvalue weighted by Crippen LogP contribution is 2.43. The lowest BCUT2D eigenvalue weighted by Gasteiger charge is -2.24. The summed E-state index contributed by atoms with van der Waals surface area (Å²) in [6, 6.07) is 10.8. The molecule has 28 heavy (non-hydrogen) atoms. The Kier molecular flexibility index (Phi) is 4.96. The SMILES string of the molecule is COc1cc(C(c2cc(O)c(O)cc2C)c2cc(O)c(O)cc2C)ccc1O. The summed E-state index contributed by atoms with van der Waals surface area (Å²) in [7, 11) is 1.45. The Labute approximate surface area is 162 Å². The number of aryl methyl sites for hydroxylation is 2. The predicted octanol–water partition coefficient (Wildman–Crippen LogP) is 4.02. The number of methoxy groups -OCH3 is 1. The van der Waals surface area contributed by atoms with Gasteiger partial charge in [-0.05, 0) is 78.1 Å². The lowest BCUT2D eigenvalue weighted by Crippen LogP contribution is -2.07. The Morgan fingerprint density at radius 1 is 0.643 bits per heavy atom. The van der Waals surface area contributed by atoms with Crippen LogP contribution >= 0.6 is 0 Å². The molecule has 3 aromatic rings. The molecule has 0 bridgehead atoms. The first-order chi connectivity index (χ1) is 13.2. The normalized spacial score (nSPS) is 11.0. The number of phenols is 5. The number of phenolic OH excluding ortho intramolecular Hbond substituents is 5. The Morgan fingerprint density at radius 2 is 1.11 bits per heavy atom. The Hall–Kier alpha value is -3.54. The van der Waals surface area contributed by atoms with Crippen LogP contribution in [0, 0.1) is 13.8 Å². The van der Waals surface area contributed by atoms with Crippen LogP contribution in [-0.2, 0) is 0 Å². The van der Waals surface area contributed by atoms with E-state index in [-0.39, 0.29) is 34.5 Å². The van der Waals surface area contributed by atoms with Crippen molar-refractivity contribution in [2.24, 2.45) is 0 Å². The van der Waals surface area contributed by atoms with Gasteiger partial charge in [0.05, 0.1) is 7.11 Å². The maximum atomic E-state index is 10.1. The average molecular weight is 382 g/mol. The minimum absolute atomic E-state index is 0.0134. The second kappa shape index (κ2) is 7.23. The minimum Gasteiger partial charge on any atom is -0.504 e. The smallest absolute Gasteiger partial charge is 0.160 e. The molecule has 0 aliphatic rings. The van der Waals surface area contributed by atoms with Crippen LogP contribution < -0.4 is 4.74 Å². The fourth-order valence-corrected chi connectivity index (χ4v) is 3.42. The standard InChI is InChI=1S/C22H22O6/c1-11-6-17(24)19(26)9-14(11)22(13-4-5-16(23)21(8-13)28-3)15-10-20(27)18(25)7-12(15)2/h4-10,22-27H,1-3H3. The van der Waals surface area contributed by atoms with Crippen molar-refractivity contribution >= 4 is 0 Å². The van der Waals surface area contributed by atoms with Gasteiger partial charge in [-0.15, -0.1) is 0 Å². The van der Waals surface area contributed by atoms with E-state index in [1.807, 2.05) is 0 Å². The topological polar surface area (TPSA) is 110 Å². The van der Waals surface area contributed by atoms with Crippen LogP contribution in [0.5, 0.6) is 34.5 Å². The van der Waals surface area contributed by atoms with Gasteiger partial charge < -0.3 is 30.3 Å². The third-order valence-electron chi connectivity index (χ3n) is 4.89. The van der Waals surface area contributed by atoms with Gasteiger partial charge in [0.2, 0.25) is 0 Å². The van der Waals surface area contributed by atoms with Crippen molar-refractivity contribution < 1.29 is 30.3 Å². The summed E-state index contributed by atoms with van der Waals surface area (Å²) >= 11 is 0. The summed E-state index contributed by atoms with van der Waals surface area (Å²) in [4.78, 5) is 0. The monoisotopic (exact) mass is 382 g/mol. The maximum Gasteiger partial charge on any atom is 0.160 e. The molecular weight excluding hydrogens is 360 g/mol. The molecule has 0 aromatic heterocycles. The van der Waals surface area contributed by atoms with Crippen molar-refractivity contribution in [2.75, 3.05) is 7.11 Å². The highest BCUT2D eigenvalue weighted by Gasteiger charge is 2.24. The van der Waals surface area contributed by atoms with Gasteiger partial charge in [-0.25, -0.2) is 0 Å². The fourth-order valence-electron chi connectivity index (χ4n) is 3.42. The van der Waals surface area contributed by atoms with E-state index < -0.39 is 5.92 Å². The Morgan fingerprint density at radius 3 is 1.57 bits per heavy atom. The number of ether oxygens (including phenoxy) is 1. The summed E-state index contributed by atoms with van der Waals surface area (Å²) in [6.07, 6.45) is 0. The van der Waals surface area contributed by atoms with Crippen molar-refractivity contribution in [2.45, 2.75) is 19.8 Å². The van der Waals surface area contributed by atoms with Gasteiger partial charge in [-0.1, -0.05) is 6.07 Å². The molecule has 5 N–H and O–H groups in total. The lowest BCUT2D eigenvalue weighted by molar-refractivity contribution is 0.373. The highest BCUT2D eigenvalue weighted by atomic mass is 16.5. The summed E-state index contributed by atoms with van der Waals surface area (Å²) in [6.45, 7) is 3.60. The van der Waals surface area contributed by atoms with Crippen LogP contribution in [0.25, 0.3) is 0 Å². The molecule has 6 heteroatoms. The van der Waals surface area contributed by atoms with E-state index in [9.17, 15) is 25.5 Å². The summed E-state index contributed by atoms with van der Waals surface area (Å²) in [5.74, 6) is -1.19. The second-order valence-electron chi connectivity index (χ2n) is 6.76. The molecule has 3 aromatic carbocycles. The summed E-state index contributed by atoms with van der Waals surface area (Å²) in [5.41, 5.74) is 3.56. The van der Waals surface area contributed by atoms with E-state index in [4.69, 9.17) is 4.74 Å². The molecule has 0 unspecified atom stereocenters. The molecule has 6 nitrogen and oxygen atoms in total. The first-order valence-corrected chi connectivity index (χ1v) is 8.64. The number of aromatic hydroxyl groups is 5. The predicted molar refractivity (Wildman–Crippen MR) is 105 cm³/mol. The zero-order valence-corrected chi connectivity index (χ0v) is 15.8. The van der Waals surface area contributed by atoms with E-state index in [0.29, 0.717) is 11.1 Å². The van der Waals surface area contributed by atoms with Crippen molar-refractivity contribution in [3.63, 3.8) is 0 Å². The average Bonchev–Trinajstić information content (AvgIpc) is 2.64. The molecule has 146 valence electrons. The lowest BCUT2D eigenvalue weighted by atomic mass is 9.81. The fraction of sp³-hybridized carbons (Fsp3) is 0.182. The molecule has 0 amide bonds. The van der Waals surface area contributed by atoms with Crippen molar-refractivity contribution in [3.8, 4) is 34.5 Å². The minimum atomic E-state index is -0.465. The number of rotatable bonds is 4. The third-order valence-corrected chi connectivity index (χ3v) is 4.89. The van der Waals surface area contributed by atoms with Crippen LogP contribution in [0.4, 0.5) is 0 Å². The van der Waals surface area contributed by atoms with Crippen LogP contribution in [0.15, 0.2) is 42.5 Å².